The van der Waals surface area contributed by atoms with Crippen LogP contribution in [0.3, 0.4) is 0 Å². The van der Waals surface area contributed by atoms with Crippen LogP contribution in [0.1, 0.15) is 35.5 Å². The number of nitrogens with zero attached hydrogens (tertiary/aromatic N) is 1. The number of nitrogens with one attached hydrogen (secondary N) is 2. The van der Waals surface area contributed by atoms with Crippen molar-refractivity contribution >= 4 is 17.4 Å². The summed E-state index contributed by atoms with van der Waals surface area (Å²) in [5, 5.41) is 9.17. The maximum atomic E-state index is 12.0. The Kier molecular flexibility index (Phi) is 5.35. The van der Waals surface area contributed by atoms with Gasteiger partial charge in [0.05, 0.1) is 17.8 Å². The predicted molar refractivity (Wildman–Crippen MR) is 95.9 cm³/mol. The van der Waals surface area contributed by atoms with E-state index in [9.17, 15) is 4.79 Å². The van der Waals surface area contributed by atoms with Crippen molar-refractivity contribution in [3.8, 4) is 5.75 Å². The molecule has 3 rings (SSSR count). The van der Waals surface area contributed by atoms with E-state index in [1.807, 2.05) is 12.1 Å². The van der Waals surface area contributed by atoms with Gasteiger partial charge in [-0.2, -0.15) is 0 Å². The largest absolute Gasteiger partial charge is 0.497 e. The molecule has 0 bridgehead atoms. The topological polar surface area (TPSA) is 63.2 Å². The first-order valence-electron chi connectivity index (χ1n) is 8.31. The molecule has 0 saturated heterocycles. The van der Waals surface area contributed by atoms with Crippen LogP contribution in [-0.2, 0) is 12.8 Å². The number of benzene rings is 1. The lowest BCUT2D eigenvalue weighted by Gasteiger charge is -2.07. The molecule has 1 heterocycles. The number of carbonyl (C=O) groups is 1. The molecule has 6 heteroatoms. The maximum Gasteiger partial charge on any atom is 0.315 e. The Labute approximate surface area is 146 Å². The summed E-state index contributed by atoms with van der Waals surface area (Å²) >= 11 is 1.68. The maximum absolute atomic E-state index is 12.0. The van der Waals surface area contributed by atoms with Gasteiger partial charge in [-0.15, -0.1) is 11.3 Å². The van der Waals surface area contributed by atoms with Crippen LogP contribution < -0.4 is 15.4 Å². The van der Waals surface area contributed by atoms with E-state index < -0.39 is 0 Å². The van der Waals surface area contributed by atoms with Gasteiger partial charge < -0.3 is 15.4 Å². The monoisotopic (exact) mass is 345 g/mol. The highest BCUT2D eigenvalue weighted by Gasteiger charge is 2.39. The van der Waals surface area contributed by atoms with Crippen molar-refractivity contribution in [3.05, 3.63) is 45.9 Å². The van der Waals surface area contributed by atoms with Gasteiger partial charge in [0.15, 0.2) is 0 Å². The zero-order valence-corrected chi connectivity index (χ0v) is 14.9. The van der Waals surface area contributed by atoms with E-state index in [0.29, 0.717) is 12.5 Å². The minimum atomic E-state index is -0.0954. The number of aryl methyl sites for hydroxylation is 1. The summed E-state index contributed by atoms with van der Waals surface area (Å²) in [7, 11) is 1.66. The number of methoxy groups -OCH3 is 1. The Morgan fingerprint density at radius 1 is 1.38 bits per heavy atom. The Hall–Kier alpha value is -2.08. The van der Waals surface area contributed by atoms with Crippen molar-refractivity contribution in [1.82, 2.24) is 15.6 Å². The number of amides is 2. The Balaban J connectivity index is 1.38. The Morgan fingerprint density at radius 3 is 2.83 bits per heavy atom. The third kappa shape index (κ3) is 4.26. The molecule has 0 unspecified atom stereocenters. The molecule has 1 aliphatic rings. The van der Waals surface area contributed by atoms with Gasteiger partial charge >= 0.3 is 6.03 Å². The van der Waals surface area contributed by atoms with E-state index in [-0.39, 0.29) is 12.1 Å². The molecule has 1 aromatic heterocycles. The smallest absolute Gasteiger partial charge is 0.315 e. The van der Waals surface area contributed by atoms with Gasteiger partial charge in [0.25, 0.3) is 0 Å². The summed E-state index contributed by atoms with van der Waals surface area (Å²) in [5.74, 6) is 1.27. The van der Waals surface area contributed by atoms with Crippen LogP contribution in [0.5, 0.6) is 5.75 Å². The number of hydrogen-bond acceptors (Lipinski definition) is 4. The van der Waals surface area contributed by atoms with Crippen molar-refractivity contribution in [2.45, 2.75) is 38.1 Å². The molecule has 0 spiro atoms. The van der Waals surface area contributed by atoms with Crippen LogP contribution in [0.25, 0.3) is 0 Å². The molecular formula is C18H23N3O2S. The molecule has 1 fully saturated rings. The van der Waals surface area contributed by atoms with Crippen LogP contribution in [0.15, 0.2) is 29.6 Å². The molecule has 1 aromatic carbocycles. The zero-order valence-electron chi connectivity index (χ0n) is 14.0. The molecule has 24 heavy (non-hydrogen) atoms. The summed E-state index contributed by atoms with van der Waals surface area (Å²) in [4.78, 5) is 16.5. The van der Waals surface area contributed by atoms with Crippen LogP contribution in [0, 0.1) is 0 Å². The molecule has 2 amide bonds. The molecule has 2 atom stereocenters. The molecular weight excluding hydrogens is 322 g/mol. The van der Waals surface area contributed by atoms with Crippen LogP contribution in [-0.4, -0.2) is 30.7 Å². The molecule has 2 N–H and O–H groups in total. The van der Waals surface area contributed by atoms with Gasteiger partial charge in [-0.3, -0.25) is 0 Å². The Morgan fingerprint density at radius 2 is 2.17 bits per heavy atom. The fourth-order valence-corrected chi connectivity index (χ4v) is 3.50. The molecule has 0 aliphatic heterocycles. The normalized spacial score (nSPS) is 18.9. The summed E-state index contributed by atoms with van der Waals surface area (Å²) in [6.45, 7) is 2.71. The minimum absolute atomic E-state index is 0.0954. The Bertz CT molecular complexity index is 684. The van der Waals surface area contributed by atoms with E-state index in [4.69, 9.17) is 4.74 Å². The number of rotatable bonds is 7. The second-order valence-electron chi connectivity index (χ2n) is 5.96. The molecule has 5 nitrogen and oxygen atoms in total. The number of hydrogen-bond donors (Lipinski definition) is 2. The number of ether oxygens (including phenoxy) is 1. The lowest BCUT2D eigenvalue weighted by molar-refractivity contribution is 0.240. The molecule has 0 radical (unpaired) electrons. The molecule has 2 aromatic rings. The first-order chi connectivity index (χ1) is 11.7. The van der Waals surface area contributed by atoms with Crippen molar-refractivity contribution in [3.63, 3.8) is 0 Å². The van der Waals surface area contributed by atoms with Gasteiger partial charge in [-0.1, -0.05) is 19.1 Å². The predicted octanol–water partition coefficient (Wildman–Crippen LogP) is 3.11. The number of aromatic nitrogens is 1. The summed E-state index contributed by atoms with van der Waals surface area (Å²) in [6.07, 6.45) is 2.73. The summed E-state index contributed by atoms with van der Waals surface area (Å²) in [6, 6.07) is 8.19. The average molecular weight is 345 g/mol. The van der Waals surface area contributed by atoms with Gasteiger partial charge in [0.2, 0.25) is 0 Å². The highest BCUT2D eigenvalue weighted by atomic mass is 32.1. The second kappa shape index (κ2) is 7.66. The van der Waals surface area contributed by atoms with Gasteiger partial charge in [0.1, 0.15) is 5.75 Å². The highest BCUT2D eigenvalue weighted by Crippen LogP contribution is 2.41. The number of urea groups is 1. The van der Waals surface area contributed by atoms with E-state index >= 15 is 0 Å². The van der Waals surface area contributed by atoms with E-state index in [1.54, 1.807) is 18.4 Å². The summed E-state index contributed by atoms with van der Waals surface area (Å²) in [5.41, 5.74) is 2.30. The first kappa shape index (κ1) is 16.8. The van der Waals surface area contributed by atoms with Crippen molar-refractivity contribution < 1.29 is 9.53 Å². The molecule has 1 aliphatic carbocycles. The lowest BCUT2D eigenvalue weighted by atomic mass is 10.1. The molecule has 128 valence electrons. The average Bonchev–Trinajstić information content (AvgIpc) is 3.20. The SMILES string of the molecule is CCc1nc(CCNC(=O)N[C@@H]2C[C@H]2c2ccc(OC)cc2)cs1. The minimum Gasteiger partial charge on any atom is -0.497 e. The van der Waals surface area contributed by atoms with Crippen molar-refractivity contribution in [2.75, 3.05) is 13.7 Å². The number of carbonyl (C=O) groups excluding carboxylic acids is 1. The van der Waals surface area contributed by atoms with Crippen molar-refractivity contribution in [1.29, 1.82) is 0 Å². The first-order valence-corrected chi connectivity index (χ1v) is 9.19. The quantitative estimate of drug-likeness (QED) is 0.810. The van der Waals surface area contributed by atoms with Crippen molar-refractivity contribution in [2.24, 2.45) is 0 Å². The third-order valence-electron chi connectivity index (χ3n) is 4.22. The molecule has 1 saturated carbocycles. The van der Waals surface area contributed by atoms with Gasteiger partial charge in [-0.05, 0) is 30.5 Å². The zero-order chi connectivity index (χ0) is 16.9. The third-order valence-corrected chi connectivity index (χ3v) is 5.26. The number of thiazole rings is 1. The van der Waals surface area contributed by atoms with Crippen LogP contribution in [0.4, 0.5) is 4.79 Å². The summed E-state index contributed by atoms with van der Waals surface area (Å²) < 4.78 is 5.17. The van der Waals surface area contributed by atoms with E-state index in [1.165, 1.54) is 5.56 Å². The van der Waals surface area contributed by atoms with Crippen LogP contribution >= 0.6 is 11.3 Å². The fraction of sp³-hybridized carbons (Fsp3) is 0.444. The second-order valence-corrected chi connectivity index (χ2v) is 6.90. The van der Waals surface area contributed by atoms with Gasteiger partial charge in [-0.25, -0.2) is 9.78 Å². The standard InChI is InChI=1S/C18H23N3O2S/c1-3-17-20-13(11-24-17)8-9-19-18(22)21-16-10-15(16)12-4-6-14(23-2)7-5-12/h4-7,11,15-16H,3,8-10H2,1-2H3,(H2,19,21,22)/t15-,16+/m0/s1. The van der Waals surface area contributed by atoms with E-state index in [2.05, 4.69) is 40.1 Å². The highest BCUT2D eigenvalue weighted by molar-refractivity contribution is 7.09. The fourth-order valence-electron chi connectivity index (χ4n) is 2.72. The van der Waals surface area contributed by atoms with Crippen LogP contribution in [0.2, 0.25) is 0 Å². The lowest BCUT2D eigenvalue weighted by Crippen LogP contribution is -2.38. The van der Waals surface area contributed by atoms with E-state index in [0.717, 1.165) is 35.7 Å². The van der Waals surface area contributed by atoms with Gasteiger partial charge in [0, 0.05) is 30.3 Å².